The van der Waals surface area contributed by atoms with Crippen molar-refractivity contribution in [1.82, 2.24) is 14.5 Å². The van der Waals surface area contributed by atoms with Crippen molar-refractivity contribution in [2.75, 3.05) is 18.6 Å². The minimum Gasteiger partial charge on any atom is -0.616 e. The largest absolute Gasteiger partial charge is 0.616 e. The molecular formula is C13H18BrN3O2S. The molecule has 20 heavy (non-hydrogen) atoms. The van der Waals surface area contributed by atoms with Crippen LogP contribution in [0.4, 0.5) is 0 Å². The number of fused-ring (bicyclic) bond motifs is 1. The van der Waals surface area contributed by atoms with Gasteiger partial charge in [0, 0.05) is 25.8 Å². The molecule has 1 fully saturated rings. The highest BCUT2D eigenvalue weighted by molar-refractivity contribution is 9.10. The van der Waals surface area contributed by atoms with Crippen LogP contribution in [0.15, 0.2) is 4.60 Å². The van der Waals surface area contributed by atoms with E-state index in [9.17, 15) is 9.35 Å². The van der Waals surface area contributed by atoms with E-state index in [2.05, 4.69) is 25.5 Å². The van der Waals surface area contributed by atoms with Crippen molar-refractivity contribution in [3.8, 4) is 0 Å². The molecule has 1 unspecified atom stereocenters. The van der Waals surface area contributed by atoms with Crippen LogP contribution in [0.2, 0.25) is 0 Å². The molecule has 110 valence electrons. The van der Waals surface area contributed by atoms with Gasteiger partial charge in [-0.3, -0.25) is 4.79 Å². The van der Waals surface area contributed by atoms with Gasteiger partial charge in [0.25, 0.3) is 0 Å². The van der Waals surface area contributed by atoms with Crippen molar-refractivity contribution in [2.45, 2.75) is 38.3 Å². The van der Waals surface area contributed by atoms with E-state index in [1.807, 2.05) is 14.0 Å². The maximum absolute atomic E-state index is 12.2. The molecule has 0 N–H and O–H groups in total. The van der Waals surface area contributed by atoms with Crippen LogP contribution in [0.1, 0.15) is 43.2 Å². The zero-order valence-corrected chi connectivity index (χ0v) is 14.0. The standard InChI is InChI=1S/C13H18BrN3O2S/c1-8-13(18)16(2)7-10-11(14)15-12(17(8)10)9-3-5-20(19)6-4-9/h8-9H,3-7H2,1-2H3. The molecule has 1 aromatic heterocycles. The number of halogens is 1. The predicted octanol–water partition coefficient (Wildman–Crippen LogP) is 1.80. The Labute approximate surface area is 130 Å². The highest BCUT2D eigenvalue weighted by atomic mass is 79.9. The van der Waals surface area contributed by atoms with Crippen molar-refractivity contribution in [1.29, 1.82) is 0 Å². The minimum absolute atomic E-state index is 0.128. The van der Waals surface area contributed by atoms with Gasteiger partial charge in [-0.2, -0.15) is 0 Å². The molecule has 3 heterocycles. The Balaban J connectivity index is 1.98. The third-order valence-electron chi connectivity index (χ3n) is 4.25. The zero-order valence-electron chi connectivity index (χ0n) is 11.6. The summed E-state index contributed by atoms with van der Waals surface area (Å²) in [5, 5.41) is 0. The first-order valence-corrected chi connectivity index (χ1v) is 9.13. The number of aromatic nitrogens is 2. The molecule has 1 amide bonds. The molecule has 2 aliphatic rings. The summed E-state index contributed by atoms with van der Waals surface area (Å²) in [5.74, 6) is 2.91. The van der Waals surface area contributed by atoms with E-state index in [1.165, 1.54) is 0 Å². The molecule has 7 heteroatoms. The average Bonchev–Trinajstić information content (AvgIpc) is 2.74. The number of nitrogens with zero attached hydrogens (tertiary/aromatic N) is 3. The number of carbonyl (C=O) groups excluding carboxylic acids is 1. The average molecular weight is 360 g/mol. The summed E-state index contributed by atoms with van der Waals surface area (Å²) < 4.78 is 14.4. The van der Waals surface area contributed by atoms with Crippen LogP contribution in [-0.4, -0.2) is 43.5 Å². The topological polar surface area (TPSA) is 61.2 Å². The lowest BCUT2D eigenvalue weighted by atomic mass is 10.0. The lowest BCUT2D eigenvalue weighted by molar-refractivity contribution is -0.135. The summed E-state index contributed by atoms with van der Waals surface area (Å²) in [5.41, 5.74) is 1.07. The van der Waals surface area contributed by atoms with Crippen molar-refractivity contribution < 1.29 is 9.35 Å². The Kier molecular flexibility index (Phi) is 3.85. The molecule has 0 aliphatic carbocycles. The van der Waals surface area contributed by atoms with Gasteiger partial charge in [0.05, 0.1) is 12.2 Å². The second-order valence-electron chi connectivity index (χ2n) is 5.57. The molecule has 3 rings (SSSR count). The molecular weight excluding hydrogens is 342 g/mol. The molecule has 0 saturated carbocycles. The van der Waals surface area contributed by atoms with E-state index in [0.717, 1.165) is 40.5 Å². The second kappa shape index (κ2) is 5.35. The summed E-state index contributed by atoms with van der Waals surface area (Å²) >= 11 is 2.85. The van der Waals surface area contributed by atoms with Gasteiger partial charge in [-0.05, 0) is 22.9 Å². The lowest BCUT2D eigenvalue weighted by Gasteiger charge is -2.32. The number of hydrogen-bond donors (Lipinski definition) is 0. The Hall–Kier alpha value is -0.530. The molecule has 0 radical (unpaired) electrons. The van der Waals surface area contributed by atoms with Gasteiger partial charge in [0.2, 0.25) is 5.91 Å². The van der Waals surface area contributed by atoms with Crippen LogP contribution in [-0.2, 0) is 22.5 Å². The highest BCUT2D eigenvalue weighted by Gasteiger charge is 2.35. The molecule has 2 aliphatic heterocycles. The van der Waals surface area contributed by atoms with Crippen LogP contribution in [0, 0.1) is 0 Å². The number of likely N-dealkylation sites (N-methyl/N-ethyl adjacent to an activating group) is 1. The van der Waals surface area contributed by atoms with Crippen LogP contribution in [0.25, 0.3) is 0 Å². The first kappa shape index (κ1) is 14.4. The fraction of sp³-hybridized carbons (Fsp3) is 0.692. The smallest absolute Gasteiger partial charge is 0.245 e. The van der Waals surface area contributed by atoms with Gasteiger partial charge in [-0.1, -0.05) is 11.2 Å². The van der Waals surface area contributed by atoms with E-state index >= 15 is 0 Å². The Morgan fingerprint density at radius 3 is 2.70 bits per heavy atom. The summed E-state index contributed by atoms with van der Waals surface area (Å²) in [6.07, 6.45) is 1.79. The first-order chi connectivity index (χ1) is 9.49. The highest BCUT2D eigenvalue weighted by Crippen LogP contribution is 2.36. The van der Waals surface area contributed by atoms with Gasteiger partial charge in [-0.25, -0.2) is 4.98 Å². The molecule has 1 saturated heterocycles. The third-order valence-corrected chi connectivity index (χ3v) is 6.27. The summed E-state index contributed by atoms with van der Waals surface area (Å²) in [6.45, 7) is 2.52. The third kappa shape index (κ3) is 2.29. The maximum Gasteiger partial charge on any atom is 0.245 e. The predicted molar refractivity (Wildman–Crippen MR) is 81.0 cm³/mol. The van der Waals surface area contributed by atoms with Crippen LogP contribution in [0.3, 0.4) is 0 Å². The maximum atomic E-state index is 12.2. The van der Waals surface area contributed by atoms with Gasteiger partial charge < -0.3 is 14.0 Å². The normalized spacial score (nSPS) is 30.5. The van der Waals surface area contributed by atoms with E-state index < -0.39 is 11.2 Å². The van der Waals surface area contributed by atoms with Crippen molar-refractivity contribution in [2.24, 2.45) is 0 Å². The van der Waals surface area contributed by atoms with E-state index in [4.69, 9.17) is 0 Å². The molecule has 0 aromatic carbocycles. The lowest BCUT2D eigenvalue weighted by Crippen LogP contribution is -2.40. The second-order valence-corrected chi connectivity index (χ2v) is 8.02. The van der Waals surface area contributed by atoms with Crippen LogP contribution >= 0.6 is 15.9 Å². The number of rotatable bonds is 1. The van der Waals surface area contributed by atoms with Gasteiger partial charge in [0.15, 0.2) is 0 Å². The van der Waals surface area contributed by atoms with Gasteiger partial charge in [0.1, 0.15) is 28.0 Å². The van der Waals surface area contributed by atoms with Gasteiger partial charge in [-0.15, -0.1) is 0 Å². The fourth-order valence-corrected chi connectivity index (χ4v) is 4.90. The molecule has 5 nitrogen and oxygen atoms in total. The summed E-state index contributed by atoms with van der Waals surface area (Å²) in [4.78, 5) is 18.6. The zero-order chi connectivity index (χ0) is 14.4. The van der Waals surface area contributed by atoms with Crippen molar-refractivity contribution in [3.63, 3.8) is 0 Å². The Morgan fingerprint density at radius 2 is 2.05 bits per heavy atom. The Morgan fingerprint density at radius 1 is 1.40 bits per heavy atom. The molecule has 1 aromatic rings. The number of imidazole rings is 1. The first-order valence-electron chi connectivity index (χ1n) is 6.85. The number of amides is 1. The monoisotopic (exact) mass is 359 g/mol. The Bertz CT molecular complexity index is 540. The van der Waals surface area contributed by atoms with E-state index in [1.54, 1.807) is 4.90 Å². The molecule has 0 spiro atoms. The summed E-state index contributed by atoms with van der Waals surface area (Å²) in [7, 11) is 1.82. The quantitative estimate of drug-likeness (QED) is 0.718. The van der Waals surface area contributed by atoms with Crippen LogP contribution in [0.5, 0.6) is 0 Å². The SMILES string of the molecule is CC1C(=O)N(C)Cc2c(Br)nc(C3CC[S+]([O-])CC3)n21. The molecule has 1 atom stereocenters. The minimum atomic E-state index is -0.675. The van der Waals surface area contributed by atoms with Crippen LogP contribution < -0.4 is 0 Å². The molecule has 0 bridgehead atoms. The van der Waals surface area contributed by atoms with E-state index in [0.29, 0.717) is 12.5 Å². The van der Waals surface area contributed by atoms with E-state index in [-0.39, 0.29) is 11.9 Å². The van der Waals surface area contributed by atoms with Gasteiger partial charge >= 0.3 is 0 Å². The summed E-state index contributed by atoms with van der Waals surface area (Å²) in [6, 6.07) is -0.204. The number of carbonyl (C=O) groups is 1. The van der Waals surface area contributed by atoms with Crippen molar-refractivity contribution in [3.05, 3.63) is 16.1 Å². The number of hydrogen-bond acceptors (Lipinski definition) is 3. The van der Waals surface area contributed by atoms with Crippen molar-refractivity contribution >= 4 is 33.0 Å². The fourth-order valence-electron chi connectivity index (χ4n) is 3.10.